The molecule has 12 rings (SSSR count). The predicted octanol–water partition coefficient (Wildman–Crippen LogP) is 6.04. The van der Waals surface area contributed by atoms with Crippen molar-refractivity contribution in [3.05, 3.63) is 71.1 Å². The van der Waals surface area contributed by atoms with Crippen LogP contribution in [0.1, 0.15) is 110 Å². The Labute approximate surface area is 392 Å². The molecule has 67 heavy (non-hydrogen) atoms. The summed E-state index contributed by atoms with van der Waals surface area (Å²) in [6.07, 6.45) is 18.4. The lowest BCUT2D eigenvalue weighted by Gasteiger charge is -2.87. The number of aliphatic hydroxyl groups is 3. The first-order valence-corrected chi connectivity index (χ1v) is 25.4. The van der Waals surface area contributed by atoms with Crippen molar-refractivity contribution in [1.29, 1.82) is 0 Å². The molecule has 1 aromatic heterocycles. The molecule has 19 atom stereocenters. The Morgan fingerprint density at radius 3 is 2.43 bits per heavy atom. The molecule has 3 spiro atoms. The number of rotatable bonds is 10. The van der Waals surface area contributed by atoms with Crippen LogP contribution in [-0.2, 0) is 41.4 Å². The van der Waals surface area contributed by atoms with Gasteiger partial charge in [0.05, 0.1) is 24.0 Å². The van der Waals surface area contributed by atoms with Crippen molar-refractivity contribution in [1.82, 2.24) is 10.3 Å². The van der Waals surface area contributed by atoms with Gasteiger partial charge in [0.2, 0.25) is 5.91 Å². The molecular weight excluding hydrogens is 853 g/mol. The fourth-order valence-corrected chi connectivity index (χ4v) is 20.5. The minimum Gasteiger partial charge on any atom is -0.481 e. The monoisotopic (exact) mass is 922 g/mol. The minimum atomic E-state index is -1.83. The lowest BCUT2D eigenvalue weighted by Crippen LogP contribution is -2.83. The Balaban J connectivity index is 1.10. The Hall–Kier alpha value is -3.59. The van der Waals surface area contributed by atoms with E-state index in [2.05, 4.69) is 93.8 Å². The van der Waals surface area contributed by atoms with Crippen LogP contribution >= 0.6 is 0 Å². The number of methoxy groups -OCH3 is 1. The number of aliphatic hydroxyl groups excluding tert-OH is 3. The summed E-state index contributed by atoms with van der Waals surface area (Å²) in [5.74, 6) is -2.90. The van der Waals surface area contributed by atoms with E-state index in [1.807, 2.05) is 0 Å². The van der Waals surface area contributed by atoms with Gasteiger partial charge in [-0.2, -0.15) is 0 Å². The molecule has 9 aliphatic carbocycles. The van der Waals surface area contributed by atoms with Gasteiger partial charge in [-0.25, -0.2) is 4.79 Å². The van der Waals surface area contributed by atoms with E-state index in [1.54, 1.807) is 7.11 Å². The maximum absolute atomic E-state index is 15.7. The Morgan fingerprint density at radius 2 is 1.70 bits per heavy atom. The number of carboxylic acids is 2. The van der Waals surface area contributed by atoms with E-state index in [1.165, 1.54) is 22.3 Å². The molecule has 362 valence electrons. The number of carbonyl (C=O) groups is 3. The summed E-state index contributed by atoms with van der Waals surface area (Å²) in [5, 5.41) is 58.7. The highest BCUT2D eigenvalue weighted by Gasteiger charge is 2.90. The van der Waals surface area contributed by atoms with E-state index in [9.17, 15) is 35.1 Å². The van der Waals surface area contributed by atoms with Gasteiger partial charge in [-0.15, -0.1) is 0 Å². The Bertz CT molecular complexity index is 2470. The lowest BCUT2D eigenvalue weighted by atomic mass is 9.16. The van der Waals surface area contributed by atoms with E-state index in [0.717, 1.165) is 51.4 Å². The van der Waals surface area contributed by atoms with Crippen LogP contribution in [-0.4, -0.2) is 105 Å². The normalized spacial score (nSPS) is 52.0. The number of hydrogen-bond donors (Lipinski definition) is 7. The molecule has 0 unspecified atom stereocenters. The number of aromatic amines is 1. The lowest BCUT2D eigenvalue weighted by molar-refractivity contribution is -0.361. The summed E-state index contributed by atoms with van der Waals surface area (Å²) in [6.45, 7) is 11.9. The van der Waals surface area contributed by atoms with Crippen LogP contribution in [0.15, 0.2) is 60.0 Å². The Kier molecular flexibility index (Phi) is 9.21. The molecule has 1 amide bonds. The zero-order valence-corrected chi connectivity index (χ0v) is 39.8. The van der Waals surface area contributed by atoms with Crippen LogP contribution in [0.4, 0.5) is 0 Å². The van der Waals surface area contributed by atoms with Crippen LogP contribution < -0.4 is 5.32 Å². The van der Waals surface area contributed by atoms with E-state index in [-0.39, 0.29) is 29.1 Å². The maximum atomic E-state index is 15.7. The van der Waals surface area contributed by atoms with Crippen LogP contribution in [0.5, 0.6) is 0 Å². The molecule has 2 saturated heterocycles. The highest BCUT2D eigenvalue weighted by molar-refractivity contribution is 5.89. The number of H-pyrrole nitrogens is 1. The summed E-state index contributed by atoms with van der Waals surface area (Å²) in [5.41, 5.74) is -0.539. The first kappa shape index (κ1) is 44.6. The van der Waals surface area contributed by atoms with Gasteiger partial charge in [-0.05, 0) is 133 Å². The number of carbonyl (C=O) groups excluding carboxylic acids is 1. The SMILES string of the molecule is CCc1c[nH]cc1CC[C@]12[C@H]3CC[C@]4(C)[C@@]15C1=C[C@H]6C(=O)N[C@@H]7[C@]8(C)CC=C[C@@]79C(=C[C@H]5CC[C@]2(C=C1)C[C@H](O[C@@H]1O[C@H](C(=O)O)[C@@H](O)[C@H](O)[C@H]1O)C3(C)C)[C@]64CC[C@@]9(C(=O)O)[C@@H](COC)C8. The number of allylic oxidation sites excluding steroid dienone is 5. The van der Waals surface area contributed by atoms with Crippen molar-refractivity contribution in [2.45, 2.75) is 155 Å². The predicted molar refractivity (Wildman–Crippen MR) is 244 cm³/mol. The molecule has 0 aromatic carbocycles. The average molecular weight is 923 g/mol. The van der Waals surface area contributed by atoms with Gasteiger partial charge in [0, 0.05) is 47.7 Å². The average Bonchev–Trinajstić information content (AvgIpc) is 3.71. The number of amides is 1. The zero-order chi connectivity index (χ0) is 47.3. The largest absolute Gasteiger partial charge is 0.481 e. The zero-order valence-electron chi connectivity index (χ0n) is 39.8. The maximum Gasteiger partial charge on any atom is 0.335 e. The third kappa shape index (κ3) is 4.65. The van der Waals surface area contributed by atoms with Crippen molar-refractivity contribution in [3.8, 4) is 0 Å². The third-order valence-electron chi connectivity index (χ3n) is 22.6. The Morgan fingerprint density at radius 1 is 0.925 bits per heavy atom. The number of ether oxygens (including phenoxy) is 3. The van der Waals surface area contributed by atoms with Crippen LogP contribution in [0, 0.1) is 72.4 Å². The second-order valence-electron chi connectivity index (χ2n) is 24.4. The first-order valence-electron chi connectivity index (χ1n) is 25.4. The molecule has 7 fully saturated rings. The first-order chi connectivity index (χ1) is 31.8. The van der Waals surface area contributed by atoms with Crippen molar-refractivity contribution in [3.63, 3.8) is 0 Å². The molecule has 13 heteroatoms. The molecule has 5 bridgehead atoms. The number of hydrogen-bond acceptors (Lipinski definition) is 9. The molecule has 1 aromatic rings. The molecule has 3 heterocycles. The van der Waals surface area contributed by atoms with Gasteiger partial charge in [-0.1, -0.05) is 76.6 Å². The molecule has 11 aliphatic rings. The smallest absolute Gasteiger partial charge is 0.335 e. The second kappa shape index (κ2) is 13.8. The third-order valence-corrected chi connectivity index (χ3v) is 22.6. The van der Waals surface area contributed by atoms with E-state index >= 15 is 4.79 Å². The number of carboxylic acid groups (broad SMARTS) is 2. The summed E-state index contributed by atoms with van der Waals surface area (Å²) in [6, 6.07) is -0.400. The summed E-state index contributed by atoms with van der Waals surface area (Å²) < 4.78 is 18.7. The molecular formula is C54H70N2O11. The van der Waals surface area contributed by atoms with E-state index in [4.69, 9.17) is 14.2 Å². The minimum absolute atomic E-state index is 0.0142. The van der Waals surface area contributed by atoms with Gasteiger partial charge < -0.3 is 50.0 Å². The van der Waals surface area contributed by atoms with Crippen molar-refractivity contribution in [2.75, 3.05) is 13.7 Å². The highest BCUT2D eigenvalue weighted by atomic mass is 16.7. The fourth-order valence-electron chi connectivity index (χ4n) is 20.5. The van der Waals surface area contributed by atoms with Crippen LogP contribution in [0.2, 0.25) is 0 Å². The quantitative estimate of drug-likeness (QED) is 0.106. The summed E-state index contributed by atoms with van der Waals surface area (Å²) in [4.78, 5) is 46.1. The number of aliphatic carboxylic acids is 2. The molecule has 5 saturated carbocycles. The topological polar surface area (TPSA) is 208 Å². The number of aryl methyl sites for hydroxylation is 2. The van der Waals surface area contributed by atoms with Crippen LogP contribution in [0.25, 0.3) is 0 Å². The summed E-state index contributed by atoms with van der Waals surface area (Å²) >= 11 is 0. The van der Waals surface area contributed by atoms with E-state index < -0.39 is 104 Å². The second-order valence-corrected chi connectivity index (χ2v) is 24.4. The van der Waals surface area contributed by atoms with Crippen LogP contribution in [0.3, 0.4) is 0 Å². The van der Waals surface area contributed by atoms with E-state index in [0.29, 0.717) is 32.3 Å². The van der Waals surface area contributed by atoms with Gasteiger partial charge in [0.25, 0.3) is 0 Å². The molecule has 2 aliphatic heterocycles. The number of aromatic nitrogens is 1. The molecule has 13 nitrogen and oxygen atoms in total. The van der Waals surface area contributed by atoms with Gasteiger partial charge in [0.1, 0.15) is 18.3 Å². The molecule has 7 N–H and O–H groups in total. The van der Waals surface area contributed by atoms with Gasteiger partial charge in [0.15, 0.2) is 12.4 Å². The summed E-state index contributed by atoms with van der Waals surface area (Å²) in [7, 11) is 1.69. The van der Waals surface area contributed by atoms with Gasteiger partial charge >= 0.3 is 11.9 Å². The standard InChI is InChI=1S/C54H70N2O11/c1-7-28-25-55-26-29(28)9-18-53-34-12-15-48(5)51-20-19-50(45(63)64)32(27-65-6)23-47(4)13-8-14-52(50)35(51)22-31-11-17-49(53,16-10-30(54(31,48)53)21-33(51)41(60)56-44(47)52)24-36(46(34,2)3)66-43-39(59)37(57)38(58)40(67-43)42(61)62/h8,10,14,16,21-22,25-26,31-34,36-40,43-44,55,57-59H,7,9,11-13,15,17-20,23-24,27H2,1-6H3,(H,56,60)(H,61,62)(H,63,64)/t31-,32-,33+,34+,36+,37+,38+,39-,40+,43-,44-,47-,48+,49-,50+,51+,52-,53-,54+/m1/s1. The van der Waals surface area contributed by atoms with Gasteiger partial charge in [-0.3, -0.25) is 9.59 Å². The van der Waals surface area contributed by atoms with Crippen molar-refractivity contribution in [2.24, 2.45) is 72.4 Å². The fraction of sp³-hybridized carbons (Fsp3) is 0.722. The molecule has 0 radical (unpaired) electrons. The highest BCUT2D eigenvalue weighted by Crippen LogP contribution is 2.93. The number of nitrogens with one attached hydrogen (secondary N) is 2. The van der Waals surface area contributed by atoms with Crippen molar-refractivity contribution >= 4 is 17.8 Å². The van der Waals surface area contributed by atoms with Crippen molar-refractivity contribution < 1.29 is 54.1 Å².